The molecule has 2 aromatic rings. The van der Waals surface area contributed by atoms with Gasteiger partial charge in [0, 0.05) is 54.9 Å². The van der Waals surface area contributed by atoms with E-state index in [-0.39, 0.29) is 92.9 Å². The number of primary amides is 1. The quantitative estimate of drug-likeness (QED) is 0.0971. The fourth-order valence-corrected chi connectivity index (χ4v) is 13.4. The second kappa shape index (κ2) is 38.5. The van der Waals surface area contributed by atoms with Crippen molar-refractivity contribution < 1.29 is 88.2 Å². The molecule has 4 bridgehead atoms. The number of oxime groups is 1. The van der Waals surface area contributed by atoms with E-state index in [2.05, 4.69) is 53.4 Å². The van der Waals surface area contributed by atoms with Crippen LogP contribution in [-0.4, -0.2) is 208 Å². The van der Waals surface area contributed by atoms with E-state index < -0.39 is 144 Å². The highest BCUT2D eigenvalue weighted by Gasteiger charge is 2.43. The Morgan fingerprint density at radius 2 is 1.26 bits per heavy atom. The molecule has 528 valence electrons. The summed E-state index contributed by atoms with van der Waals surface area (Å²) in [4.78, 5) is 176. The minimum atomic E-state index is -1.98. The van der Waals surface area contributed by atoms with Crippen molar-refractivity contribution in [3.05, 3.63) is 59.2 Å². The SMILES string of the molecule is CC(C)C[C@@H]1NC(=O)[C@@H]2CCCN2C(=O)[C@@H]2CSCc3cc(cc(c3)OCCCCCCO/N=C/C(=O)N[C@@H](CCCC[NH3+])C(=O)N2)CSC[C@@H](C(N)=O)NC(=O)[C@H](C)NC(=O)[C@H](Cc2ccc(O)cc2)NC(=O)[C@@H]2CCCN2C(=O)[C@H]([C@@H](C)O)NC(=O)[C@H](CC(=O)[O-])NC1=O. The summed E-state index contributed by atoms with van der Waals surface area (Å²) in [6.45, 7) is 7.05. The lowest BCUT2D eigenvalue weighted by Gasteiger charge is -2.32. The van der Waals surface area contributed by atoms with E-state index in [4.69, 9.17) is 15.3 Å². The Kier molecular flexibility index (Phi) is 30.8. The molecule has 15 N–H and O–H groups in total. The first-order chi connectivity index (χ1) is 45.8. The van der Waals surface area contributed by atoms with Gasteiger partial charge in [-0.1, -0.05) is 37.2 Å². The number of fused-ring (bicyclic) bond motifs is 7. The molecule has 4 aliphatic rings. The van der Waals surface area contributed by atoms with Crippen molar-refractivity contribution in [2.24, 2.45) is 16.8 Å². The van der Waals surface area contributed by atoms with Crippen molar-refractivity contribution in [1.82, 2.24) is 52.3 Å². The lowest BCUT2D eigenvalue weighted by Crippen LogP contribution is -2.62. The van der Waals surface area contributed by atoms with E-state index >= 15 is 4.79 Å². The predicted octanol–water partition coefficient (Wildman–Crippen LogP) is -2.59. The van der Waals surface area contributed by atoms with E-state index in [1.54, 1.807) is 13.8 Å². The number of carbonyl (C=O) groups excluding carboxylic acids is 12. The lowest BCUT2D eigenvalue weighted by molar-refractivity contribution is -0.368. The lowest BCUT2D eigenvalue weighted by atomic mass is 10.0. The van der Waals surface area contributed by atoms with Crippen molar-refractivity contribution in [2.45, 2.75) is 196 Å². The number of nitrogens with zero attached hydrogens (tertiary/aromatic N) is 3. The van der Waals surface area contributed by atoms with Gasteiger partial charge in [0.1, 0.15) is 84.7 Å². The molecule has 6 rings (SSSR count). The molecule has 0 spiro atoms. The summed E-state index contributed by atoms with van der Waals surface area (Å²) < 4.78 is 6.28. The van der Waals surface area contributed by atoms with Crippen molar-refractivity contribution in [3.8, 4) is 11.5 Å². The molecule has 30 nitrogen and oxygen atoms in total. The molecule has 4 aliphatic heterocycles. The van der Waals surface area contributed by atoms with E-state index in [1.807, 2.05) is 18.2 Å². The van der Waals surface area contributed by atoms with Gasteiger partial charge >= 0.3 is 0 Å². The number of aliphatic hydroxyl groups is 1. The number of hydrogen-bond donors (Lipinski definition) is 12. The number of hydrogen-bond acceptors (Lipinski definition) is 20. The molecule has 0 radical (unpaired) electrons. The van der Waals surface area contributed by atoms with Crippen LogP contribution in [0.3, 0.4) is 0 Å². The maximum absolute atomic E-state index is 15.1. The number of carboxylic acids is 1. The molecule has 11 amide bonds. The molecular formula is C64H93N13O17S2. The van der Waals surface area contributed by atoms with Gasteiger partial charge in [-0.3, -0.25) is 52.7 Å². The molecule has 0 saturated carbocycles. The third kappa shape index (κ3) is 24.1. The standard InChI is InChI=1S/C64H93N13O17S2/c1-36(2)25-45-59(87)70-47(30-53(81)82)60(88)75-54(38(4)78)64(92)77-22-12-15-51(77)62(90)72-46(29-39-16-18-42(79)19-17-39)58(86)68-37(3)56(84)73-48(55(66)83)34-95-32-40-26-41-28-43(27-40)93-23-9-5-6-10-24-94-67-31-52(80)69-44(13-7-8-20-65)57(85)74-49(35-96-33-41)63(91)76-21-11-14-50(76)61(89)71-45/h16-19,26-28,31,36-38,44-51,54,78-79H,5-15,20-25,29-30,32-35,65H2,1-4H3,(H2,66,83)(H,68,86)(H,69,80)(H,70,87)(H,71,89)(H,72,90)(H,73,84)(H,74,85)(H,75,88)(H,81,82)/b67-31+/t37-,38+,44-,45-,46-,47-,48-,49-,50-,51-,54-/m0/s1. The third-order valence-corrected chi connectivity index (χ3v) is 18.7. The van der Waals surface area contributed by atoms with Crippen LogP contribution in [0.5, 0.6) is 11.5 Å². The highest BCUT2D eigenvalue weighted by Crippen LogP contribution is 2.28. The van der Waals surface area contributed by atoms with Crippen molar-refractivity contribution in [2.75, 3.05) is 44.4 Å². The number of nitrogens with one attached hydrogen (secondary N) is 8. The highest BCUT2D eigenvalue weighted by molar-refractivity contribution is 7.98. The van der Waals surface area contributed by atoms with Crippen LogP contribution >= 0.6 is 23.5 Å². The van der Waals surface area contributed by atoms with E-state index in [0.29, 0.717) is 56.6 Å². The van der Waals surface area contributed by atoms with Gasteiger partial charge < -0.3 is 93.5 Å². The number of benzene rings is 2. The maximum atomic E-state index is 15.1. The first-order valence-electron chi connectivity index (χ1n) is 32.7. The van der Waals surface area contributed by atoms with Crippen molar-refractivity contribution >= 4 is 101 Å². The molecule has 0 unspecified atom stereocenters. The van der Waals surface area contributed by atoms with Crippen LogP contribution in [0.4, 0.5) is 0 Å². The fourth-order valence-electron chi connectivity index (χ4n) is 11.4. The van der Waals surface area contributed by atoms with Gasteiger partial charge in [0.25, 0.3) is 5.91 Å². The summed E-state index contributed by atoms with van der Waals surface area (Å²) in [7, 11) is 0. The average Bonchev–Trinajstić information content (AvgIpc) is 1.64. The number of quaternary nitrogens is 1. The number of rotatable bonds is 12. The number of aliphatic carboxylic acids is 1. The molecule has 0 aliphatic carbocycles. The molecule has 4 heterocycles. The number of thioether (sulfide) groups is 2. The number of aliphatic hydroxyl groups excluding tert-OH is 1. The summed E-state index contributed by atoms with van der Waals surface area (Å²) in [5.74, 6) is -10.8. The third-order valence-electron chi connectivity index (χ3n) is 16.5. The minimum Gasteiger partial charge on any atom is -0.550 e. The first-order valence-corrected chi connectivity index (χ1v) is 35.0. The minimum absolute atomic E-state index is 0.0244. The largest absolute Gasteiger partial charge is 0.550 e. The second-order valence-electron chi connectivity index (χ2n) is 24.9. The summed E-state index contributed by atoms with van der Waals surface area (Å²) in [6.07, 6.45) is 2.65. The Balaban J connectivity index is 1.38. The van der Waals surface area contributed by atoms with Gasteiger partial charge in [-0.25, -0.2) is 0 Å². The normalized spacial score (nSPS) is 26.7. The van der Waals surface area contributed by atoms with Crippen LogP contribution < -0.4 is 63.8 Å². The Hall–Kier alpha value is -8.23. The Morgan fingerprint density at radius 3 is 1.88 bits per heavy atom. The number of aromatic hydroxyl groups is 1. The van der Waals surface area contributed by atoms with Gasteiger partial charge in [0.2, 0.25) is 59.1 Å². The number of phenols is 1. The van der Waals surface area contributed by atoms with Gasteiger partial charge in [0.05, 0.1) is 19.3 Å². The zero-order valence-electron chi connectivity index (χ0n) is 54.8. The Morgan fingerprint density at radius 1 is 0.677 bits per heavy atom. The van der Waals surface area contributed by atoms with Crippen LogP contribution in [0.15, 0.2) is 47.6 Å². The van der Waals surface area contributed by atoms with Gasteiger partial charge in [0.15, 0.2) is 0 Å². The molecule has 32 heteroatoms. The topological polar surface area (TPSA) is 456 Å². The van der Waals surface area contributed by atoms with Crippen LogP contribution in [0, 0.1) is 5.92 Å². The van der Waals surface area contributed by atoms with E-state index in [0.717, 1.165) is 42.0 Å². The molecule has 96 heavy (non-hydrogen) atoms. The number of unbranched alkanes of at least 4 members (excludes halogenated alkanes) is 1. The molecule has 2 saturated heterocycles. The number of carbonyl (C=O) groups is 12. The smallest absolute Gasteiger partial charge is 0.266 e. The van der Waals surface area contributed by atoms with E-state index in [1.165, 1.54) is 59.6 Å². The van der Waals surface area contributed by atoms with Crippen LogP contribution in [0.1, 0.15) is 128 Å². The van der Waals surface area contributed by atoms with Crippen LogP contribution in [-0.2, 0) is 80.3 Å². The fraction of sp³-hybridized carbons (Fsp3) is 0.609. The number of carboxylic acid groups (broad SMARTS) is 1. The number of ether oxygens (including phenoxy) is 1. The second-order valence-corrected chi connectivity index (χ2v) is 26.9. The summed E-state index contributed by atoms with van der Waals surface area (Å²) in [5, 5.41) is 58.0. The summed E-state index contributed by atoms with van der Waals surface area (Å²) in [6, 6.07) is -2.96. The Labute approximate surface area is 566 Å². The van der Waals surface area contributed by atoms with Crippen LogP contribution in [0.25, 0.3) is 0 Å². The number of nitrogens with two attached hydrogens (primary N) is 1. The molecule has 0 aromatic heterocycles. The molecule has 11 atom stereocenters. The summed E-state index contributed by atoms with van der Waals surface area (Å²) >= 11 is 2.54. The van der Waals surface area contributed by atoms with Gasteiger partial charge in [-0.05, 0) is 138 Å². The average molecular weight is 1380 g/mol. The monoisotopic (exact) mass is 1380 g/mol. The van der Waals surface area contributed by atoms with E-state index in [9.17, 15) is 68.1 Å². The summed E-state index contributed by atoms with van der Waals surface area (Å²) in [5.41, 5.74) is 11.7. The van der Waals surface area contributed by atoms with Crippen molar-refractivity contribution in [3.63, 3.8) is 0 Å². The Bertz CT molecular complexity index is 3090. The zero-order valence-corrected chi connectivity index (χ0v) is 56.4. The highest BCUT2D eigenvalue weighted by atomic mass is 32.2. The molecular weight excluding hydrogens is 1290 g/mol. The maximum Gasteiger partial charge on any atom is 0.266 e. The first kappa shape index (κ1) is 76.8. The van der Waals surface area contributed by atoms with Gasteiger partial charge in [-0.2, -0.15) is 23.5 Å². The predicted molar refractivity (Wildman–Crippen MR) is 351 cm³/mol. The molecule has 2 fully saturated rings. The number of phenolic OH excluding ortho intramolecular Hbond substituents is 1. The number of amides is 11. The van der Waals surface area contributed by atoms with Gasteiger partial charge in [-0.15, -0.1) is 0 Å². The van der Waals surface area contributed by atoms with Crippen molar-refractivity contribution in [1.29, 1.82) is 0 Å². The zero-order chi connectivity index (χ0) is 70.0. The molecule has 2 aromatic carbocycles. The van der Waals surface area contributed by atoms with Crippen LogP contribution in [0.2, 0.25) is 0 Å².